The number of rotatable bonds is 4. The van der Waals surface area contributed by atoms with Gasteiger partial charge < -0.3 is 4.98 Å². The minimum absolute atomic E-state index is 0.0756. The highest BCUT2D eigenvalue weighted by Gasteiger charge is 2.21. The molecular formula is C12H14N2O5S. The first-order valence-corrected chi connectivity index (χ1v) is 7.54. The van der Waals surface area contributed by atoms with Crippen molar-refractivity contribution >= 4 is 21.0 Å². The normalized spacial score (nSPS) is 11.9. The molecule has 2 aromatic rings. The topological polar surface area (TPSA) is 120 Å². The number of hydrogen-bond acceptors (Lipinski definition) is 4. The predicted octanol–water partition coefficient (Wildman–Crippen LogP) is 0.806. The highest BCUT2D eigenvalue weighted by Crippen LogP contribution is 2.24. The number of fused-ring (bicyclic) bond motifs is 1. The van der Waals surface area contributed by atoms with Gasteiger partial charge in [0.1, 0.15) is 4.90 Å². The van der Waals surface area contributed by atoms with Gasteiger partial charge in [0.25, 0.3) is 15.7 Å². The van der Waals surface area contributed by atoms with Crippen LogP contribution >= 0.6 is 0 Å². The van der Waals surface area contributed by atoms with Gasteiger partial charge >= 0.3 is 5.69 Å². The zero-order chi connectivity index (χ0) is 14.9. The maximum atomic E-state index is 11.8. The molecule has 20 heavy (non-hydrogen) atoms. The number of hydrogen-bond donors (Lipinski definition) is 3. The molecule has 1 aromatic carbocycles. The minimum Gasteiger partial charge on any atom is -0.307 e. The van der Waals surface area contributed by atoms with Crippen molar-refractivity contribution in [1.29, 1.82) is 0 Å². The summed E-state index contributed by atoms with van der Waals surface area (Å²) in [7, 11) is -4.57. The van der Waals surface area contributed by atoms with Crippen LogP contribution in [0.15, 0.2) is 26.6 Å². The first-order valence-electron chi connectivity index (χ1n) is 6.10. The molecule has 8 heteroatoms. The second kappa shape index (κ2) is 5.22. The molecule has 3 N–H and O–H groups in total. The maximum Gasteiger partial charge on any atom is 0.326 e. The Bertz CT molecular complexity index is 864. The van der Waals surface area contributed by atoms with Gasteiger partial charge in [-0.05, 0) is 24.5 Å². The molecule has 0 fully saturated rings. The predicted molar refractivity (Wildman–Crippen MR) is 73.6 cm³/mol. The number of aromatic amines is 2. The Morgan fingerprint density at radius 2 is 1.90 bits per heavy atom. The van der Waals surface area contributed by atoms with E-state index in [0.717, 1.165) is 12.8 Å². The lowest BCUT2D eigenvalue weighted by molar-refractivity contribution is 0.483. The van der Waals surface area contributed by atoms with E-state index in [1.807, 2.05) is 11.9 Å². The van der Waals surface area contributed by atoms with Crippen LogP contribution in [0, 0.1) is 0 Å². The van der Waals surface area contributed by atoms with E-state index in [9.17, 15) is 22.6 Å². The van der Waals surface area contributed by atoms with Crippen molar-refractivity contribution in [2.75, 3.05) is 0 Å². The number of benzene rings is 1. The van der Waals surface area contributed by atoms with Crippen LogP contribution in [0.2, 0.25) is 0 Å². The molecular weight excluding hydrogens is 284 g/mol. The van der Waals surface area contributed by atoms with E-state index < -0.39 is 26.3 Å². The van der Waals surface area contributed by atoms with Crippen molar-refractivity contribution in [3.05, 3.63) is 38.5 Å². The highest BCUT2D eigenvalue weighted by molar-refractivity contribution is 7.86. The summed E-state index contributed by atoms with van der Waals surface area (Å²) in [4.78, 5) is 26.9. The summed E-state index contributed by atoms with van der Waals surface area (Å²) in [5.41, 5.74) is -1.13. The summed E-state index contributed by atoms with van der Waals surface area (Å²) in [5.74, 6) is 0. The lowest BCUT2D eigenvalue weighted by atomic mass is 10.1. The third-order valence-electron chi connectivity index (χ3n) is 3.00. The number of nitrogens with one attached hydrogen (secondary N) is 2. The van der Waals surface area contributed by atoms with Gasteiger partial charge in [-0.25, -0.2) is 4.79 Å². The molecule has 108 valence electrons. The van der Waals surface area contributed by atoms with Crippen LogP contribution < -0.4 is 11.2 Å². The van der Waals surface area contributed by atoms with E-state index in [2.05, 4.69) is 4.98 Å². The van der Waals surface area contributed by atoms with Gasteiger partial charge in [-0.3, -0.25) is 14.3 Å². The molecule has 0 amide bonds. The third kappa shape index (κ3) is 2.66. The van der Waals surface area contributed by atoms with Gasteiger partial charge in [0.05, 0.1) is 10.9 Å². The Labute approximate surface area is 114 Å². The molecule has 0 unspecified atom stereocenters. The van der Waals surface area contributed by atoms with E-state index in [1.165, 1.54) is 12.1 Å². The number of unbranched alkanes of at least 4 members (excludes halogenated alkanes) is 1. The SMILES string of the molecule is CCCCc1ccc2[nH]c(=O)[nH]c(=O)c2c1S(=O)(=O)O. The molecule has 1 aromatic heterocycles. The van der Waals surface area contributed by atoms with Gasteiger partial charge in [-0.2, -0.15) is 8.42 Å². The first-order chi connectivity index (χ1) is 9.34. The van der Waals surface area contributed by atoms with Crippen LogP contribution in [0.4, 0.5) is 0 Å². The fraction of sp³-hybridized carbons (Fsp3) is 0.333. The Balaban J connectivity index is 2.91. The molecule has 1 heterocycles. The summed E-state index contributed by atoms with van der Waals surface area (Å²) in [6, 6.07) is 2.96. The average Bonchev–Trinajstić information content (AvgIpc) is 2.34. The van der Waals surface area contributed by atoms with Gasteiger partial charge in [-0.1, -0.05) is 19.4 Å². The summed E-state index contributed by atoms with van der Waals surface area (Å²) in [6.07, 6.45) is 1.97. The summed E-state index contributed by atoms with van der Waals surface area (Å²) >= 11 is 0. The minimum atomic E-state index is -4.57. The van der Waals surface area contributed by atoms with E-state index >= 15 is 0 Å². The van der Waals surface area contributed by atoms with E-state index in [0.29, 0.717) is 12.0 Å². The number of aryl methyl sites for hydroxylation is 1. The Morgan fingerprint density at radius 1 is 1.20 bits per heavy atom. The average molecular weight is 298 g/mol. The Hall–Kier alpha value is -1.93. The summed E-state index contributed by atoms with van der Waals surface area (Å²) in [5, 5.41) is -0.222. The van der Waals surface area contributed by atoms with Gasteiger partial charge in [0.15, 0.2) is 0 Å². The largest absolute Gasteiger partial charge is 0.326 e. The second-order valence-electron chi connectivity index (χ2n) is 4.46. The maximum absolute atomic E-state index is 11.8. The van der Waals surface area contributed by atoms with Crippen LogP contribution in [0.1, 0.15) is 25.3 Å². The smallest absolute Gasteiger partial charge is 0.307 e. The van der Waals surface area contributed by atoms with Gasteiger partial charge in [-0.15, -0.1) is 0 Å². The van der Waals surface area contributed by atoms with E-state index in [1.54, 1.807) is 0 Å². The molecule has 0 saturated carbocycles. The zero-order valence-corrected chi connectivity index (χ0v) is 11.6. The van der Waals surface area contributed by atoms with Gasteiger partial charge in [0.2, 0.25) is 0 Å². The molecule has 2 rings (SSSR count). The summed E-state index contributed by atoms with van der Waals surface area (Å²) < 4.78 is 32.5. The van der Waals surface area contributed by atoms with Crippen LogP contribution in [-0.2, 0) is 16.5 Å². The molecule has 0 aliphatic heterocycles. The van der Waals surface area contributed by atoms with E-state index in [4.69, 9.17) is 0 Å². The third-order valence-corrected chi connectivity index (χ3v) is 3.98. The second-order valence-corrected chi connectivity index (χ2v) is 5.82. The van der Waals surface area contributed by atoms with Crippen LogP contribution in [0.5, 0.6) is 0 Å². The first kappa shape index (κ1) is 14.5. The molecule has 0 bridgehead atoms. The van der Waals surface area contributed by atoms with Crippen molar-refractivity contribution in [3.8, 4) is 0 Å². The highest BCUT2D eigenvalue weighted by atomic mass is 32.2. The van der Waals surface area contributed by atoms with Crippen molar-refractivity contribution in [2.24, 2.45) is 0 Å². The monoisotopic (exact) mass is 298 g/mol. The van der Waals surface area contributed by atoms with Crippen molar-refractivity contribution in [2.45, 2.75) is 31.1 Å². The van der Waals surface area contributed by atoms with Crippen LogP contribution in [-0.4, -0.2) is 22.9 Å². The van der Waals surface area contributed by atoms with E-state index in [-0.39, 0.29) is 10.9 Å². The fourth-order valence-corrected chi connectivity index (χ4v) is 3.10. The van der Waals surface area contributed by atoms with Crippen molar-refractivity contribution < 1.29 is 13.0 Å². The standard InChI is InChI=1S/C12H14N2O5S/c1-2-3-4-7-5-6-8-9(10(7)20(17,18)19)11(15)14-12(16)13-8/h5-6H,2-4H2,1H3,(H,17,18,19)(H2,13,14,15,16). The van der Waals surface area contributed by atoms with Crippen molar-refractivity contribution in [1.82, 2.24) is 9.97 Å². The molecule has 0 saturated heterocycles. The van der Waals surface area contributed by atoms with Crippen LogP contribution in [0.3, 0.4) is 0 Å². The quantitative estimate of drug-likeness (QED) is 0.721. The molecule has 7 nitrogen and oxygen atoms in total. The molecule has 0 aliphatic rings. The lowest BCUT2D eigenvalue weighted by Crippen LogP contribution is -2.24. The Morgan fingerprint density at radius 3 is 2.50 bits per heavy atom. The molecule has 0 atom stereocenters. The Kier molecular flexibility index (Phi) is 3.78. The lowest BCUT2D eigenvalue weighted by Gasteiger charge is -2.09. The number of aromatic nitrogens is 2. The van der Waals surface area contributed by atoms with Crippen LogP contribution in [0.25, 0.3) is 10.9 Å². The molecule has 0 radical (unpaired) electrons. The summed E-state index contributed by atoms with van der Waals surface area (Å²) in [6.45, 7) is 1.94. The van der Waals surface area contributed by atoms with Crippen molar-refractivity contribution in [3.63, 3.8) is 0 Å². The number of H-pyrrole nitrogens is 2. The fourth-order valence-electron chi connectivity index (χ4n) is 2.13. The molecule has 0 spiro atoms. The zero-order valence-electron chi connectivity index (χ0n) is 10.8. The van der Waals surface area contributed by atoms with Gasteiger partial charge in [0, 0.05) is 0 Å². The molecule has 0 aliphatic carbocycles.